The fourth-order valence-electron chi connectivity index (χ4n) is 2.55. The van der Waals surface area contributed by atoms with Crippen molar-refractivity contribution in [3.05, 3.63) is 66.7 Å². The molecule has 24 heavy (non-hydrogen) atoms. The second kappa shape index (κ2) is 7.51. The van der Waals surface area contributed by atoms with Gasteiger partial charge in [0.2, 0.25) is 5.91 Å². The minimum Gasteiger partial charge on any atom is -0.494 e. The van der Waals surface area contributed by atoms with Crippen LogP contribution in [-0.4, -0.2) is 19.1 Å². The van der Waals surface area contributed by atoms with Crippen LogP contribution in [0.3, 0.4) is 0 Å². The lowest BCUT2D eigenvalue weighted by Gasteiger charge is -2.10. The van der Waals surface area contributed by atoms with E-state index in [1.165, 1.54) is 0 Å². The molecule has 3 aromatic carbocycles. The number of rotatable bonds is 6. The summed E-state index contributed by atoms with van der Waals surface area (Å²) in [5.74, 6) is 0.739. The maximum Gasteiger partial charge on any atom is 0.243 e. The first-order valence-electron chi connectivity index (χ1n) is 8.00. The summed E-state index contributed by atoms with van der Waals surface area (Å²) < 4.78 is 5.40. The van der Waals surface area contributed by atoms with Crippen molar-refractivity contribution >= 4 is 28.1 Å². The number of benzene rings is 3. The van der Waals surface area contributed by atoms with E-state index < -0.39 is 0 Å². The lowest BCUT2D eigenvalue weighted by atomic mass is 10.1. The van der Waals surface area contributed by atoms with E-state index >= 15 is 0 Å². The number of nitrogens with one attached hydrogen (secondary N) is 2. The highest BCUT2D eigenvalue weighted by molar-refractivity contribution is 6.03. The molecule has 0 saturated carbocycles. The molecule has 3 rings (SSSR count). The molecule has 122 valence electrons. The van der Waals surface area contributed by atoms with Crippen molar-refractivity contribution in [3.8, 4) is 5.75 Å². The zero-order valence-corrected chi connectivity index (χ0v) is 13.6. The molecular formula is C20H20N2O2. The summed E-state index contributed by atoms with van der Waals surface area (Å²) in [7, 11) is 0. The van der Waals surface area contributed by atoms with Gasteiger partial charge in [-0.05, 0) is 42.6 Å². The van der Waals surface area contributed by atoms with Gasteiger partial charge < -0.3 is 15.4 Å². The zero-order chi connectivity index (χ0) is 16.8. The molecular weight excluding hydrogens is 300 g/mol. The van der Waals surface area contributed by atoms with Crippen molar-refractivity contribution in [1.29, 1.82) is 0 Å². The summed E-state index contributed by atoms with van der Waals surface area (Å²) in [5, 5.41) is 8.22. The molecule has 0 aliphatic carbocycles. The van der Waals surface area contributed by atoms with E-state index in [0.29, 0.717) is 6.61 Å². The highest BCUT2D eigenvalue weighted by Gasteiger charge is 2.05. The lowest BCUT2D eigenvalue weighted by Crippen LogP contribution is -2.21. The van der Waals surface area contributed by atoms with E-state index in [2.05, 4.69) is 10.6 Å². The summed E-state index contributed by atoms with van der Waals surface area (Å²) in [6, 6.07) is 21.4. The minimum atomic E-state index is -0.0831. The Morgan fingerprint density at radius 1 is 0.958 bits per heavy atom. The molecule has 4 nitrogen and oxygen atoms in total. The standard InChI is InChI=1S/C20H20N2O2/c1-2-24-17-12-10-16(11-13-17)21-14-20(23)22-19-9-5-7-15-6-3-4-8-18(15)19/h3-13,21H,2,14H2,1H3,(H,22,23). The van der Waals surface area contributed by atoms with E-state index in [9.17, 15) is 4.79 Å². The Labute approximate surface area is 141 Å². The van der Waals surface area contributed by atoms with Gasteiger partial charge in [0.15, 0.2) is 0 Å². The Bertz CT molecular complexity index is 823. The molecule has 0 atom stereocenters. The second-order valence-electron chi connectivity index (χ2n) is 5.39. The first-order valence-corrected chi connectivity index (χ1v) is 8.00. The smallest absolute Gasteiger partial charge is 0.243 e. The molecule has 3 aromatic rings. The van der Waals surface area contributed by atoms with Crippen molar-refractivity contribution in [2.24, 2.45) is 0 Å². The molecule has 0 saturated heterocycles. The van der Waals surface area contributed by atoms with Crippen LogP contribution >= 0.6 is 0 Å². The van der Waals surface area contributed by atoms with Gasteiger partial charge in [0.1, 0.15) is 5.75 Å². The number of hydrogen-bond donors (Lipinski definition) is 2. The second-order valence-corrected chi connectivity index (χ2v) is 5.39. The number of anilines is 2. The van der Waals surface area contributed by atoms with Gasteiger partial charge in [-0.25, -0.2) is 0 Å². The molecule has 0 spiro atoms. The van der Waals surface area contributed by atoms with Crippen LogP contribution in [0.1, 0.15) is 6.92 Å². The monoisotopic (exact) mass is 320 g/mol. The molecule has 0 heterocycles. The predicted octanol–water partition coefficient (Wildman–Crippen LogP) is 4.29. The van der Waals surface area contributed by atoms with Crippen molar-refractivity contribution in [2.45, 2.75) is 6.92 Å². The molecule has 1 amide bonds. The van der Waals surface area contributed by atoms with Crippen LogP contribution in [0.25, 0.3) is 10.8 Å². The average Bonchev–Trinajstić information content (AvgIpc) is 2.62. The van der Waals surface area contributed by atoms with Crippen molar-refractivity contribution in [3.63, 3.8) is 0 Å². The van der Waals surface area contributed by atoms with Crippen molar-refractivity contribution < 1.29 is 9.53 Å². The highest BCUT2D eigenvalue weighted by Crippen LogP contribution is 2.23. The van der Waals surface area contributed by atoms with E-state index in [4.69, 9.17) is 4.74 Å². The fourth-order valence-corrected chi connectivity index (χ4v) is 2.55. The molecule has 0 aromatic heterocycles. The van der Waals surface area contributed by atoms with Gasteiger partial charge in [0.05, 0.1) is 13.2 Å². The molecule has 0 aliphatic rings. The summed E-state index contributed by atoms with van der Waals surface area (Å²) in [5.41, 5.74) is 1.71. The van der Waals surface area contributed by atoms with E-state index in [-0.39, 0.29) is 12.5 Å². The molecule has 0 unspecified atom stereocenters. The third kappa shape index (κ3) is 3.84. The van der Waals surface area contributed by atoms with E-state index in [0.717, 1.165) is 27.9 Å². The molecule has 0 bridgehead atoms. The fraction of sp³-hybridized carbons (Fsp3) is 0.150. The average molecular weight is 320 g/mol. The van der Waals surface area contributed by atoms with E-state index in [1.54, 1.807) is 0 Å². The van der Waals surface area contributed by atoms with Gasteiger partial charge in [0, 0.05) is 16.8 Å². The van der Waals surface area contributed by atoms with Gasteiger partial charge in [-0.3, -0.25) is 4.79 Å². The molecule has 4 heteroatoms. The van der Waals surface area contributed by atoms with E-state index in [1.807, 2.05) is 73.7 Å². The Kier molecular flexibility index (Phi) is 4.96. The van der Waals surface area contributed by atoms with Crippen LogP contribution in [0.15, 0.2) is 66.7 Å². The lowest BCUT2D eigenvalue weighted by molar-refractivity contribution is -0.114. The Balaban J connectivity index is 1.61. The summed E-state index contributed by atoms with van der Waals surface area (Å²) in [6.45, 7) is 2.79. The Morgan fingerprint density at radius 2 is 1.71 bits per heavy atom. The third-order valence-corrected chi connectivity index (χ3v) is 3.68. The van der Waals surface area contributed by atoms with Gasteiger partial charge >= 0.3 is 0 Å². The predicted molar refractivity (Wildman–Crippen MR) is 98.7 cm³/mol. The van der Waals surface area contributed by atoms with Crippen LogP contribution in [0.2, 0.25) is 0 Å². The Hall–Kier alpha value is -3.01. The van der Waals surface area contributed by atoms with Crippen molar-refractivity contribution in [2.75, 3.05) is 23.8 Å². The largest absolute Gasteiger partial charge is 0.494 e. The Morgan fingerprint density at radius 3 is 2.50 bits per heavy atom. The zero-order valence-electron chi connectivity index (χ0n) is 13.6. The van der Waals surface area contributed by atoms with Crippen LogP contribution < -0.4 is 15.4 Å². The van der Waals surface area contributed by atoms with Crippen LogP contribution in [0.5, 0.6) is 5.75 Å². The highest BCUT2D eigenvalue weighted by atomic mass is 16.5. The third-order valence-electron chi connectivity index (χ3n) is 3.68. The molecule has 0 radical (unpaired) electrons. The van der Waals surface area contributed by atoms with Crippen LogP contribution in [0.4, 0.5) is 11.4 Å². The summed E-state index contributed by atoms with van der Waals surface area (Å²) in [4.78, 5) is 12.2. The SMILES string of the molecule is CCOc1ccc(NCC(=O)Nc2cccc3ccccc23)cc1. The number of hydrogen-bond acceptors (Lipinski definition) is 3. The molecule has 2 N–H and O–H groups in total. The molecule has 0 fully saturated rings. The molecule has 0 aliphatic heterocycles. The summed E-state index contributed by atoms with van der Waals surface area (Å²) >= 11 is 0. The van der Waals surface area contributed by atoms with Gasteiger partial charge in [0.25, 0.3) is 0 Å². The first-order chi connectivity index (χ1) is 11.8. The number of amides is 1. The van der Waals surface area contributed by atoms with Crippen LogP contribution in [-0.2, 0) is 4.79 Å². The summed E-state index contributed by atoms with van der Waals surface area (Å²) in [6.07, 6.45) is 0. The van der Waals surface area contributed by atoms with Gasteiger partial charge in [-0.2, -0.15) is 0 Å². The number of fused-ring (bicyclic) bond motifs is 1. The number of ether oxygens (including phenoxy) is 1. The minimum absolute atomic E-state index is 0.0831. The van der Waals surface area contributed by atoms with Gasteiger partial charge in [-0.1, -0.05) is 36.4 Å². The quantitative estimate of drug-likeness (QED) is 0.712. The normalized spacial score (nSPS) is 10.4. The van der Waals surface area contributed by atoms with Gasteiger partial charge in [-0.15, -0.1) is 0 Å². The first kappa shape index (κ1) is 15.9. The topological polar surface area (TPSA) is 50.4 Å². The number of carbonyl (C=O) groups is 1. The van der Waals surface area contributed by atoms with Crippen molar-refractivity contribution in [1.82, 2.24) is 0 Å². The number of carbonyl (C=O) groups excluding carboxylic acids is 1. The maximum absolute atomic E-state index is 12.2. The maximum atomic E-state index is 12.2. The van der Waals surface area contributed by atoms with Crippen LogP contribution in [0, 0.1) is 0 Å².